The summed E-state index contributed by atoms with van der Waals surface area (Å²) in [5.41, 5.74) is 1.76. The molecule has 0 aromatic rings. The van der Waals surface area contributed by atoms with Crippen molar-refractivity contribution in [3.63, 3.8) is 0 Å². The van der Waals surface area contributed by atoms with Gasteiger partial charge in [-0.05, 0) is 6.08 Å². The van der Waals surface area contributed by atoms with Crippen LogP contribution in [0.25, 0.3) is 0 Å². The van der Waals surface area contributed by atoms with Crippen LogP contribution in [-0.4, -0.2) is 6.21 Å². The molecule has 0 unspecified atom stereocenters. The fraction of sp³-hybridized carbons (Fsp3) is 0. The van der Waals surface area contributed by atoms with Crippen LogP contribution in [0.4, 0.5) is 0 Å². The van der Waals surface area contributed by atoms with Gasteiger partial charge in [0.25, 0.3) is 0 Å². The highest BCUT2D eigenvalue weighted by Crippen LogP contribution is 2.22. The molecule has 2 rings (SSSR count). The summed E-state index contributed by atoms with van der Waals surface area (Å²) in [5, 5.41) is 7.42. The van der Waals surface area contributed by atoms with Crippen molar-refractivity contribution in [2.24, 2.45) is 15.2 Å². The number of hydrogen-bond acceptors (Lipinski definition) is 6. The molecule has 0 spiro atoms. The number of fused-ring (bicyclic) bond motifs is 1. The van der Waals surface area contributed by atoms with Crippen molar-refractivity contribution in [2.75, 3.05) is 0 Å². The van der Waals surface area contributed by atoms with E-state index in [4.69, 9.17) is 0 Å². The van der Waals surface area contributed by atoms with Gasteiger partial charge in [-0.3, -0.25) is 4.99 Å². The highest BCUT2D eigenvalue weighted by Gasteiger charge is 2.09. The van der Waals surface area contributed by atoms with E-state index in [0.717, 1.165) is 11.4 Å². The van der Waals surface area contributed by atoms with E-state index in [-0.39, 0.29) is 18.5 Å². The minimum absolute atomic E-state index is 0. The van der Waals surface area contributed by atoms with Crippen molar-refractivity contribution in [1.29, 1.82) is 0 Å². The lowest BCUT2D eigenvalue weighted by molar-refractivity contribution is 1.23. The van der Waals surface area contributed by atoms with Crippen molar-refractivity contribution >= 4 is 6.21 Å². The Hall–Kier alpha value is -1.37. The third-order valence-electron chi connectivity index (χ3n) is 1.05. The molecule has 0 atom stereocenters. The Morgan fingerprint density at radius 1 is 1.00 bits per heavy atom. The lowest BCUT2D eigenvalue weighted by Crippen LogP contribution is -1.66. The van der Waals surface area contributed by atoms with Crippen molar-refractivity contribution in [2.45, 2.75) is 0 Å². The van der Waals surface area contributed by atoms with E-state index >= 15 is 0 Å². The fourth-order valence-electron chi connectivity index (χ4n) is 0.669. The number of aliphatic imine (C=N–C) groups is 1. The largest absolute Gasteiger partial charge is 0.344 e. The van der Waals surface area contributed by atoms with Gasteiger partial charge in [0.05, 0.1) is 6.20 Å². The van der Waals surface area contributed by atoms with Gasteiger partial charge in [0.15, 0.2) is 0 Å². The molecule has 0 radical (unpaired) electrons. The molecule has 0 saturated carbocycles. The highest BCUT2D eigenvalue weighted by molar-refractivity contribution is 5.79. The van der Waals surface area contributed by atoms with Crippen LogP contribution in [-0.2, 0) is 0 Å². The molecule has 0 aromatic heterocycles. The zero-order chi connectivity index (χ0) is 5.40. The number of nitrogens with zero attached hydrogens (tertiary/aromatic N) is 3. The first kappa shape index (κ1) is 12.3. The minimum Gasteiger partial charge on any atom is -0.344 e. The van der Waals surface area contributed by atoms with Gasteiger partial charge in [-0.2, -0.15) is 5.11 Å². The van der Waals surface area contributed by atoms with Gasteiger partial charge in [-0.25, -0.2) is 0 Å². The van der Waals surface area contributed by atoms with Gasteiger partial charge >= 0.3 is 0 Å². The maximum Gasteiger partial charge on any atom is 0.114 e. The minimum atomic E-state index is 0. The van der Waals surface area contributed by atoms with E-state index in [2.05, 4.69) is 15.2 Å². The maximum absolute atomic E-state index is 3.95. The smallest absolute Gasteiger partial charge is 0.114 e. The normalized spacial score (nSPS) is 15.3. The topological polar surface area (TPSA) is 142 Å². The summed E-state index contributed by atoms with van der Waals surface area (Å²) in [6, 6.07) is 0. The first-order chi connectivity index (χ1) is 3.97. The number of allylic oxidation sites excluding steroid dienone is 1. The van der Waals surface area contributed by atoms with Gasteiger partial charge in [0, 0.05) is 6.21 Å². The lowest BCUT2D eigenvalue weighted by atomic mass is 10.4. The average molecular weight is 156 g/mol. The SMILES string of the molecule is C1=NC2=CN=NC2=C1.N.N.N. The third kappa shape index (κ3) is 1.77. The van der Waals surface area contributed by atoms with Crippen LogP contribution in [0.2, 0.25) is 0 Å². The second-order valence-electron chi connectivity index (χ2n) is 1.56. The van der Waals surface area contributed by atoms with Crippen molar-refractivity contribution < 1.29 is 0 Å². The van der Waals surface area contributed by atoms with E-state index in [1.807, 2.05) is 6.08 Å². The molecule has 2 aliphatic heterocycles. The molecule has 0 aliphatic carbocycles. The standard InChI is InChI=1S/C5H3N3.3H3N/c1-2-6-5-3-7-8-4(1)5;;;/h1-3H;3*1H3. The molecule has 11 heavy (non-hydrogen) atoms. The Morgan fingerprint density at radius 2 is 1.73 bits per heavy atom. The van der Waals surface area contributed by atoms with Crippen LogP contribution in [0.3, 0.4) is 0 Å². The molecular weight excluding hydrogens is 144 g/mol. The Bertz CT molecular complexity index is 209. The third-order valence-corrected chi connectivity index (χ3v) is 1.05. The van der Waals surface area contributed by atoms with Crippen LogP contribution < -0.4 is 18.5 Å². The predicted octanol–water partition coefficient (Wildman–Crippen LogP) is 1.75. The molecule has 62 valence electrons. The predicted molar refractivity (Wildman–Crippen MR) is 44.6 cm³/mol. The van der Waals surface area contributed by atoms with Crippen LogP contribution in [0.15, 0.2) is 38.9 Å². The monoisotopic (exact) mass is 156 g/mol. The second kappa shape index (κ2) is 4.45. The maximum atomic E-state index is 3.95. The molecule has 0 saturated heterocycles. The van der Waals surface area contributed by atoms with Gasteiger partial charge in [-0.1, -0.05) is 0 Å². The van der Waals surface area contributed by atoms with Gasteiger partial charge in [0.1, 0.15) is 11.4 Å². The van der Waals surface area contributed by atoms with Gasteiger partial charge in [-0.15, -0.1) is 5.11 Å². The summed E-state index contributed by atoms with van der Waals surface area (Å²) in [4.78, 5) is 3.95. The van der Waals surface area contributed by atoms with E-state index in [0.29, 0.717) is 0 Å². The first-order valence-corrected chi connectivity index (χ1v) is 2.32. The molecule has 0 fully saturated rings. The van der Waals surface area contributed by atoms with Crippen molar-refractivity contribution in [1.82, 2.24) is 18.5 Å². The fourth-order valence-corrected chi connectivity index (χ4v) is 0.669. The van der Waals surface area contributed by atoms with Gasteiger partial charge < -0.3 is 18.5 Å². The molecule has 0 amide bonds. The summed E-state index contributed by atoms with van der Waals surface area (Å²) >= 11 is 0. The molecular formula is C5H12N6. The summed E-state index contributed by atoms with van der Waals surface area (Å²) in [6.45, 7) is 0. The van der Waals surface area contributed by atoms with Crippen molar-refractivity contribution in [3.8, 4) is 0 Å². The molecule has 0 bridgehead atoms. The number of hydrogen-bond donors (Lipinski definition) is 3. The Balaban J connectivity index is 0. The van der Waals surface area contributed by atoms with Gasteiger partial charge in [0.2, 0.25) is 0 Å². The van der Waals surface area contributed by atoms with E-state index in [1.54, 1.807) is 12.4 Å². The number of rotatable bonds is 0. The quantitative estimate of drug-likeness (QED) is 0.491. The lowest BCUT2D eigenvalue weighted by Gasteiger charge is -1.79. The molecule has 0 aromatic carbocycles. The van der Waals surface area contributed by atoms with E-state index in [1.165, 1.54) is 0 Å². The summed E-state index contributed by atoms with van der Waals surface area (Å²) in [7, 11) is 0. The Kier molecular flexibility index (Phi) is 4.98. The zero-order valence-corrected chi connectivity index (χ0v) is 6.20. The molecule has 6 heteroatoms. The average Bonchev–Trinajstić information content (AvgIpc) is 2.15. The van der Waals surface area contributed by atoms with E-state index in [9.17, 15) is 0 Å². The Morgan fingerprint density at radius 3 is 2.36 bits per heavy atom. The number of azo groups is 1. The zero-order valence-electron chi connectivity index (χ0n) is 6.20. The van der Waals surface area contributed by atoms with Crippen LogP contribution in [0.5, 0.6) is 0 Å². The molecule has 9 N–H and O–H groups in total. The van der Waals surface area contributed by atoms with Crippen LogP contribution in [0, 0.1) is 0 Å². The van der Waals surface area contributed by atoms with Crippen molar-refractivity contribution in [3.05, 3.63) is 23.7 Å². The first-order valence-electron chi connectivity index (χ1n) is 2.32. The second-order valence-corrected chi connectivity index (χ2v) is 1.56. The molecule has 6 nitrogen and oxygen atoms in total. The highest BCUT2D eigenvalue weighted by atomic mass is 15.2. The van der Waals surface area contributed by atoms with E-state index < -0.39 is 0 Å². The molecule has 2 heterocycles. The summed E-state index contributed by atoms with van der Waals surface area (Å²) < 4.78 is 0. The van der Waals surface area contributed by atoms with Crippen LogP contribution in [0.1, 0.15) is 0 Å². The summed E-state index contributed by atoms with van der Waals surface area (Å²) in [5.74, 6) is 0. The summed E-state index contributed by atoms with van der Waals surface area (Å²) in [6.07, 6.45) is 5.21. The Labute approximate surface area is 64.6 Å². The van der Waals surface area contributed by atoms with Crippen LogP contribution >= 0.6 is 0 Å². The molecule has 2 aliphatic rings.